The predicted molar refractivity (Wildman–Crippen MR) is 65.8 cm³/mol. The number of carbonyl (C=O) groups excluding carboxylic acids is 3. The van der Waals surface area contributed by atoms with Crippen LogP contribution in [0.3, 0.4) is 0 Å². The summed E-state index contributed by atoms with van der Waals surface area (Å²) in [7, 11) is 0. The van der Waals surface area contributed by atoms with Gasteiger partial charge in [0.25, 0.3) is 0 Å². The molecule has 2 fully saturated rings. The normalized spacial score (nSPS) is 34.5. The predicted octanol–water partition coefficient (Wildman–Crippen LogP) is -0.556. The van der Waals surface area contributed by atoms with Gasteiger partial charge >= 0.3 is 0 Å². The Labute approximate surface area is 117 Å². The average Bonchev–Trinajstić information content (AvgIpc) is 2.62. The molecular weight excluding hydrogens is 260 g/mol. The standard InChI is InChI=1S/C15H20O5/c1-14(2)10-4-5-15(14,3)12(18)9(10)6-8(13(19)20)7-11(16)17/h6,8,10H,4-5,7H2,1-3H3,(H,16,17)(H,19,20)/p-2/b9-6+/t8-,10-,15+/m0/s1. The number of Topliss-reactive ketones (excluding diaryl/α,β-unsaturated/α-hetero) is 1. The molecule has 5 nitrogen and oxygen atoms in total. The molecule has 110 valence electrons. The van der Waals surface area contributed by atoms with E-state index in [1.54, 1.807) is 0 Å². The van der Waals surface area contributed by atoms with Gasteiger partial charge in [0, 0.05) is 23.3 Å². The smallest absolute Gasteiger partial charge is 0.165 e. The molecule has 0 amide bonds. The van der Waals surface area contributed by atoms with Crippen LogP contribution < -0.4 is 10.2 Å². The molecule has 3 atom stereocenters. The number of aliphatic carboxylic acids is 2. The first-order valence-electron chi connectivity index (χ1n) is 6.78. The molecule has 0 heterocycles. The number of carboxylic acids is 2. The molecule has 0 aromatic carbocycles. The van der Waals surface area contributed by atoms with Crippen LogP contribution in [0.5, 0.6) is 0 Å². The summed E-state index contributed by atoms with van der Waals surface area (Å²) in [6, 6.07) is 0. The van der Waals surface area contributed by atoms with E-state index in [0.717, 1.165) is 12.8 Å². The van der Waals surface area contributed by atoms with Crippen LogP contribution in [0.15, 0.2) is 11.6 Å². The van der Waals surface area contributed by atoms with Crippen molar-refractivity contribution in [1.29, 1.82) is 0 Å². The van der Waals surface area contributed by atoms with Crippen molar-refractivity contribution in [3.8, 4) is 0 Å². The topological polar surface area (TPSA) is 97.3 Å². The van der Waals surface area contributed by atoms with Crippen LogP contribution in [0.25, 0.3) is 0 Å². The van der Waals surface area contributed by atoms with Gasteiger partial charge in [-0.3, -0.25) is 4.79 Å². The Kier molecular flexibility index (Phi) is 3.27. The first kappa shape index (κ1) is 14.8. The molecule has 2 aliphatic rings. The molecule has 0 spiro atoms. The fraction of sp³-hybridized carbons (Fsp3) is 0.667. The van der Waals surface area contributed by atoms with Gasteiger partial charge in [-0.05, 0) is 36.2 Å². The van der Waals surface area contributed by atoms with Gasteiger partial charge in [0.1, 0.15) is 0 Å². The molecule has 2 saturated carbocycles. The average molecular weight is 278 g/mol. The summed E-state index contributed by atoms with van der Waals surface area (Å²) in [5, 5.41) is 21.6. The monoisotopic (exact) mass is 278 g/mol. The number of rotatable bonds is 4. The molecular formula is C15H18O5-2. The Morgan fingerprint density at radius 3 is 2.35 bits per heavy atom. The number of carbonyl (C=O) groups is 3. The minimum atomic E-state index is -1.49. The zero-order valence-corrected chi connectivity index (χ0v) is 11.9. The number of allylic oxidation sites excluding steroid dienone is 1. The highest BCUT2D eigenvalue weighted by molar-refractivity contribution is 6.05. The van der Waals surface area contributed by atoms with Gasteiger partial charge in [0.15, 0.2) is 5.78 Å². The summed E-state index contributed by atoms with van der Waals surface area (Å²) in [5.74, 6) is -4.32. The molecule has 0 N–H and O–H groups in total. The van der Waals surface area contributed by atoms with Crippen molar-refractivity contribution in [2.24, 2.45) is 22.7 Å². The van der Waals surface area contributed by atoms with Crippen molar-refractivity contribution >= 4 is 17.7 Å². The number of hydrogen-bond acceptors (Lipinski definition) is 5. The molecule has 2 aliphatic carbocycles. The van der Waals surface area contributed by atoms with E-state index in [1.807, 2.05) is 20.8 Å². The highest BCUT2D eigenvalue weighted by Crippen LogP contribution is 2.65. The molecule has 2 bridgehead atoms. The number of hydrogen-bond donors (Lipinski definition) is 0. The molecule has 0 aromatic heterocycles. The van der Waals surface area contributed by atoms with Crippen molar-refractivity contribution in [3.63, 3.8) is 0 Å². The van der Waals surface area contributed by atoms with E-state index in [4.69, 9.17) is 0 Å². The van der Waals surface area contributed by atoms with E-state index in [9.17, 15) is 24.6 Å². The van der Waals surface area contributed by atoms with Gasteiger partial charge in [0.05, 0.1) is 0 Å². The Bertz CT molecular complexity index is 516. The van der Waals surface area contributed by atoms with E-state index in [0.29, 0.717) is 5.57 Å². The lowest BCUT2D eigenvalue weighted by Gasteiger charge is -2.31. The lowest BCUT2D eigenvalue weighted by molar-refractivity contribution is -0.318. The molecule has 0 unspecified atom stereocenters. The van der Waals surface area contributed by atoms with Crippen LogP contribution >= 0.6 is 0 Å². The molecule has 0 aliphatic heterocycles. The highest BCUT2D eigenvalue weighted by atomic mass is 16.4. The third-order valence-corrected chi connectivity index (χ3v) is 5.44. The van der Waals surface area contributed by atoms with Gasteiger partial charge in [-0.1, -0.05) is 26.8 Å². The van der Waals surface area contributed by atoms with E-state index in [-0.39, 0.29) is 17.1 Å². The largest absolute Gasteiger partial charge is 0.550 e. The molecule has 0 aromatic rings. The fourth-order valence-electron chi connectivity index (χ4n) is 3.73. The van der Waals surface area contributed by atoms with Gasteiger partial charge in [0.2, 0.25) is 0 Å². The second-order valence-corrected chi connectivity index (χ2v) is 6.60. The number of carboxylic acid groups (broad SMARTS) is 2. The quantitative estimate of drug-likeness (QED) is 0.642. The SMILES string of the molecule is CC1(C)[C@H]2CC[C@]1(C)C(=O)/C2=C/[C@@H](CC(=O)[O-])C(=O)[O-]. The highest BCUT2D eigenvalue weighted by Gasteiger charge is 2.63. The zero-order valence-electron chi connectivity index (χ0n) is 11.9. The van der Waals surface area contributed by atoms with Crippen LogP contribution in [-0.2, 0) is 14.4 Å². The number of ketones is 1. The first-order chi connectivity index (χ1) is 9.11. The Balaban J connectivity index is 2.38. The Morgan fingerprint density at radius 1 is 1.35 bits per heavy atom. The summed E-state index contributed by atoms with van der Waals surface area (Å²) >= 11 is 0. The molecule has 5 heteroatoms. The maximum absolute atomic E-state index is 12.5. The molecule has 0 radical (unpaired) electrons. The van der Waals surface area contributed by atoms with Crippen LogP contribution in [0.4, 0.5) is 0 Å². The molecule has 2 rings (SSSR count). The van der Waals surface area contributed by atoms with E-state index < -0.39 is 29.7 Å². The lowest BCUT2D eigenvalue weighted by Crippen LogP contribution is -2.36. The zero-order chi connectivity index (χ0) is 15.3. The van der Waals surface area contributed by atoms with Gasteiger partial charge in [-0.15, -0.1) is 0 Å². The summed E-state index contributed by atoms with van der Waals surface area (Å²) in [4.78, 5) is 34.1. The first-order valence-corrected chi connectivity index (χ1v) is 6.78. The van der Waals surface area contributed by atoms with Crippen LogP contribution in [0, 0.1) is 22.7 Å². The Morgan fingerprint density at radius 2 is 1.95 bits per heavy atom. The summed E-state index contributed by atoms with van der Waals surface area (Å²) < 4.78 is 0. The summed E-state index contributed by atoms with van der Waals surface area (Å²) in [6.07, 6.45) is 2.23. The Hall–Kier alpha value is -1.65. The van der Waals surface area contributed by atoms with Crippen LogP contribution in [-0.4, -0.2) is 17.7 Å². The maximum Gasteiger partial charge on any atom is 0.165 e. The molecule has 0 saturated heterocycles. The third kappa shape index (κ3) is 1.87. The number of fused-ring (bicyclic) bond motifs is 2. The van der Waals surface area contributed by atoms with E-state index >= 15 is 0 Å². The van der Waals surface area contributed by atoms with Crippen LogP contribution in [0.1, 0.15) is 40.0 Å². The second kappa shape index (κ2) is 4.43. The van der Waals surface area contributed by atoms with Gasteiger partial charge in [-0.2, -0.15) is 0 Å². The minimum absolute atomic E-state index is 0.0106. The van der Waals surface area contributed by atoms with Crippen molar-refractivity contribution in [3.05, 3.63) is 11.6 Å². The lowest BCUT2D eigenvalue weighted by atomic mass is 9.70. The van der Waals surface area contributed by atoms with Gasteiger partial charge in [-0.25, -0.2) is 0 Å². The van der Waals surface area contributed by atoms with E-state index in [2.05, 4.69) is 0 Å². The molecule has 20 heavy (non-hydrogen) atoms. The summed E-state index contributed by atoms with van der Waals surface area (Å²) in [6.45, 7) is 5.93. The van der Waals surface area contributed by atoms with E-state index in [1.165, 1.54) is 6.08 Å². The minimum Gasteiger partial charge on any atom is -0.550 e. The fourth-order valence-corrected chi connectivity index (χ4v) is 3.73. The van der Waals surface area contributed by atoms with Crippen molar-refractivity contribution < 1.29 is 24.6 Å². The summed E-state index contributed by atoms with van der Waals surface area (Å²) in [5.41, 5.74) is -0.255. The maximum atomic E-state index is 12.5. The van der Waals surface area contributed by atoms with Crippen LogP contribution in [0.2, 0.25) is 0 Å². The third-order valence-electron chi connectivity index (χ3n) is 5.44. The van der Waals surface area contributed by atoms with Crippen molar-refractivity contribution in [2.75, 3.05) is 0 Å². The van der Waals surface area contributed by atoms with Gasteiger partial charge < -0.3 is 19.8 Å². The van der Waals surface area contributed by atoms with Crippen molar-refractivity contribution in [1.82, 2.24) is 0 Å². The van der Waals surface area contributed by atoms with Crippen molar-refractivity contribution in [2.45, 2.75) is 40.0 Å². The second-order valence-electron chi connectivity index (χ2n) is 6.60.